The van der Waals surface area contributed by atoms with Gasteiger partial charge in [-0.3, -0.25) is 4.79 Å². The Hall–Kier alpha value is -3.61. The lowest BCUT2D eigenvalue weighted by atomic mass is 10.1. The lowest BCUT2D eigenvalue weighted by molar-refractivity contribution is 0.0742. The van der Waals surface area contributed by atoms with Crippen LogP contribution in [0.25, 0.3) is 22.3 Å². The van der Waals surface area contributed by atoms with Gasteiger partial charge < -0.3 is 19.3 Å². The number of anilines is 1. The first kappa shape index (κ1) is 17.5. The van der Waals surface area contributed by atoms with E-state index in [1.54, 1.807) is 6.92 Å². The summed E-state index contributed by atoms with van der Waals surface area (Å²) in [5, 5.41) is 5.02. The van der Waals surface area contributed by atoms with Crippen LogP contribution in [0.3, 0.4) is 0 Å². The molecular weight excluding hydrogens is 366 g/mol. The molecule has 0 spiro atoms. The fourth-order valence-electron chi connectivity index (χ4n) is 3.76. The van der Waals surface area contributed by atoms with E-state index < -0.39 is 0 Å². The lowest BCUT2D eigenvalue weighted by Crippen LogP contribution is -2.48. The molecule has 1 saturated heterocycles. The number of piperazine rings is 1. The van der Waals surface area contributed by atoms with E-state index in [9.17, 15) is 4.79 Å². The monoisotopic (exact) mass is 387 g/mol. The van der Waals surface area contributed by atoms with Gasteiger partial charge in [-0.15, -0.1) is 0 Å². The number of fused-ring (bicyclic) bond motifs is 1. The summed E-state index contributed by atoms with van der Waals surface area (Å²) in [6.45, 7) is 4.76. The Morgan fingerprint density at radius 3 is 2.48 bits per heavy atom. The average Bonchev–Trinajstić information content (AvgIpc) is 3.40. The number of carbonyl (C=O) groups excluding carboxylic acids is 1. The predicted molar refractivity (Wildman–Crippen MR) is 111 cm³/mol. The molecule has 2 aromatic carbocycles. The van der Waals surface area contributed by atoms with Gasteiger partial charge in [-0.2, -0.15) is 4.98 Å². The molecule has 0 atom stereocenters. The third-order valence-electron chi connectivity index (χ3n) is 5.35. The smallest absolute Gasteiger partial charge is 0.270 e. The Balaban J connectivity index is 1.24. The number of hydrogen-bond donors (Lipinski definition) is 1. The topological polar surface area (TPSA) is 78.3 Å². The van der Waals surface area contributed by atoms with Crippen LogP contribution in [0.4, 0.5) is 5.69 Å². The van der Waals surface area contributed by atoms with E-state index in [4.69, 9.17) is 4.52 Å². The van der Waals surface area contributed by atoms with Crippen molar-refractivity contribution >= 4 is 22.5 Å². The van der Waals surface area contributed by atoms with Crippen LogP contribution < -0.4 is 4.90 Å². The van der Waals surface area contributed by atoms with E-state index in [0.29, 0.717) is 30.5 Å². The molecular formula is C22H21N5O2. The summed E-state index contributed by atoms with van der Waals surface area (Å²) in [5.74, 6) is 1.21. The number of rotatable bonds is 3. The van der Waals surface area contributed by atoms with Gasteiger partial charge in [-0.1, -0.05) is 23.4 Å². The molecule has 146 valence electrons. The number of nitrogens with zero attached hydrogens (tertiary/aromatic N) is 4. The highest BCUT2D eigenvalue weighted by atomic mass is 16.5. The molecule has 1 fully saturated rings. The summed E-state index contributed by atoms with van der Waals surface area (Å²) in [6.07, 6.45) is 0. The number of H-pyrrole nitrogens is 1. The van der Waals surface area contributed by atoms with Crippen LogP contribution in [0, 0.1) is 6.92 Å². The number of carbonyl (C=O) groups is 1. The van der Waals surface area contributed by atoms with Gasteiger partial charge in [0.15, 0.2) is 0 Å². The number of hydrogen-bond acceptors (Lipinski definition) is 5. The van der Waals surface area contributed by atoms with Gasteiger partial charge in [0.05, 0.1) is 0 Å². The van der Waals surface area contributed by atoms with E-state index in [0.717, 1.165) is 35.2 Å². The SMILES string of the molecule is Cc1nc(-c2ccc(N3CCN(C(=O)c4cc5ccccc5[nH]4)CC3)cc2)no1. The Morgan fingerprint density at radius 1 is 1.03 bits per heavy atom. The highest BCUT2D eigenvalue weighted by Crippen LogP contribution is 2.23. The number of aromatic nitrogens is 3. The second-order valence-electron chi connectivity index (χ2n) is 7.23. The van der Waals surface area contributed by atoms with Crippen molar-refractivity contribution in [2.45, 2.75) is 6.92 Å². The number of para-hydroxylation sites is 1. The molecule has 7 nitrogen and oxygen atoms in total. The van der Waals surface area contributed by atoms with Crippen LogP contribution in [-0.4, -0.2) is 52.1 Å². The molecule has 1 amide bonds. The van der Waals surface area contributed by atoms with Gasteiger partial charge in [0, 0.05) is 55.3 Å². The molecule has 2 aromatic heterocycles. The maximum Gasteiger partial charge on any atom is 0.270 e. The summed E-state index contributed by atoms with van der Waals surface area (Å²) >= 11 is 0. The highest BCUT2D eigenvalue weighted by molar-refractivity contribution is 5.98. The van der Waals surface area contributed by atoms with E-state index >= 15 is 0 Å². The Kier molecular flexibility index (Phi) is 4.27. The minimum absolute atomic E-state index is 0.0590. The van der Waals surface area contributed by atoms with Gasteiger partial charge in [-0.25, -0.2) is 0 Å². The van der Waals surface area contributed by atoms with Crippen LogP contribution in [0.1, 0.15) is 16.4 Å². The number of aromatic amines is 1. The van der Waals surface area contributed by atoms with Crippen LogP contribution in [-0.2, 0) is 0 Å². The molecule has 0 aliphatic carbocycles. The zero-order valence-corrected chi connectivity index (χ0v) is 16.1. The summed E-state index contributed by atoms with van der Waals surface area (Å²) in [6, 6.07) is 18.0. The molecule has 1 aliphatic heterocycles. The molecule has 29 heavy (non-hydrogen) atoms. The van der Waals surface area contributed by atoms with E-state index in [2.05, 4.69) is 32.2 Å². The van der Waals surface area contributed by atoms with Crippen LogP contribution in [0.15, 0.2) is 59.1 Å². The summed E-state index contributed by atoms with van der Waals surface area (Å²) in [5.41, 5.74) is 3.70. The summed E-state index contributed by atoms with van der Waals surface area (Å²) in [7, 11) is 0. The van der Waals surface area contributed by atoms with Crippen molar-refractivity contribution < 1.29 is 9.32 Å². The molecule has 0 unspecified atom stereocenters. The first-order valence-corrected chi connectivity index (χ1v) is 9.70. The average molecular weight is 387 g/mol. The largest absolute Gasteiger partial charge is 0.368 e. The molecule has 1 N–H and O–H groups in total. The van der Waals surface area contributed by atoms with E-state index in [1.165, 1.54) is 0 Å². The normalized spacial score (nSPS) is 14.5. The van der Waals surface area contributed by atoms with Crippen molar-refractivity contribution in [3.05, 3.63) is 66.2 Å². The maximum atomic E-state index is 12.9. The van der Waals surface area contributed by atoms with Crippen LogP contribution in [0.2, 0.25) is 0 Å². The predicted octanol–water partition coefficient (Wildman–Crippen LogP) is 3.49. The Labute approximate surface area is 167 Å². The molecule has 7 heteroatoms. The van der Waals surface area contributed by atoms with Crippen molar-refractivity contribution in [2.75, 3.05) is 31.1 Å². The first-order valence-electron chi connectivity index (χ1n) is 9.70. The van der Waals surface area contributed by atoms with Crippen molar-refractivity contribution in [1.82, 2.24) is 20.0 Å². The molecule has 1 aliphatic rings. The Bertz CT molecular complexity index is 1120. The van der Waals surface area contributed by atoms with Gasteiger partial charge in [0.2, 0.25) is 11.7 Å². The number of aryl methyl sites for hydroxylation is 1. The van der Waals surface area contributed by atoms with Crippen molar-refractivity contribution in [2.24, 2.45) is 0 Å². The van der Waals surface area contributed by atoms with Crippen molar-refractivity contribution in [3.8, 4) is 11.4 Å². The zero-order valence-electron chi connectivity index (χ0n) is 16.1. The van der Waals surface area contributed by atoms with Gasteiger partial charge in [-0.05, 0) is 36.4 Å². The second kappa shape index (κ2) is 7.09. The van der Waals surface area contributed by atoms with Crippen molar-refractivity contribution in [1.29, 1.82) is 0 Å². The minimum atomic E-state index is 0.0590. The summed E-state index contributed by atoms with van der Waals surface area (Å²) < 4.78 is 5.04. The fourth-order valence-corrected chi connectivity index (χ4v) is 3.76. The zero-order chi connectivity index (χ0) is 19.8. The maximum absolute atomic E-state index is 12.9. The molecule has 5 rings (SSSR count). The Morgan fingerprint density at radius 2 is 1.79 bits per heavy atom. The van der Waals surface area contributed by atoms with Crippen LogP contribution in [0.5, 0.6) is 0 Å². The standard InChI is InChI=1S/C22H21N5O2/c1-15-23-21(25-29-15)16-6-8-18(9-7-16)26-10-12-27(13-11-26)22(28)20-14-17-4-2-3-5-19(17)24-20/h2-9,14,24H,10-13H2,1H3. The lowest BCUT2D eigenvalue weighted by Gasteiger charge is -2.36. The number of amides is 1. The summed E-state index contributed by atoms with van der Waals surface area (Å²) in [4.78, 5) is 24.6. The molecule has 4 aromatic rings. The highest BCUT2D eigenvalue weighted by Gasteiger charge is 2.23. The van der Waals surface area contributed by atoms with Gasteiger partial charge >= 0.3 is 0 Å². The molecule has 3 heterocycles. The fraction of sp³-hybridized carbons (Fsp3) is 0.227. The molecule has 0 saturated carbocycles. The molecule has 0 radical (unpaired) electrons. The second-order valence-corrected chi connectivity index (χ2v) is 7.23. The van der Waals surface area contributed by atoms with E-state index in [1.807, 2.05) is 47.4 Å². The van der Waals surface area contributed by atoms with E-state index in [-0.39, 0.29) is 5.91 Å². The molecule has 0 bridgehead atoms. The van der Waals surface area contributed by atoms with Gasteiger partial charge in [0.1, 0.15) is 5.69 Å². The number of benzene rings is 2. The third kappa shape index (κ3) is 3.35. The number of nitrogens with one attached hydrogen (secondary N) is 1. The quantitative estimate of drug-likeness (QED) is 0.582. The minimum Gasteiger partial charge on any atom is -0.368 e. The third-order valence-corrected chi connectivity index (χ3v) is 5.35. The van der Waals surface area contributed by atoms with Gasteiger partial charge in [0.25, 0.3) is 5.91 Å². The van der Waals surface area contributed by atoms with Crippen molar-refractivity contribution in [3.63, 3.8) is 0 Å². The first-order chi connectivity index (χ1) is 14.2. The van der Waals surface area contributed by atoms with Crippen LogP contribution >= 0.6 is 0 Å².